The second kappa shape index (κ2) is 17.0. The van der Waals surface area contributed by atoms with Gasteiger partial charge >= 0.3 is 13.5 Å². The molecule has 2 aromatic heterocycles. The topological polar surface area (TPSA) is 147 Å². The molecule has 2 unspecified atom stereocenters. The number of hydrogen-bond donors (Lipinski definition) is 2. The standard InChI is InChI=1S/C44H57FN5O7PS/c1-5-17-56-43(54)44(3,4)48-58(55,57-33-9-7-6-8-10-33)39(45)27-11-14-37-30(18-27)22-38(59-37)40(51)47-35-21-29-19-28(29)20-32-12-13-36(50(32)41(35)52)42(53)49-24-31(25-49)34-23-46-16-15-26(34)2/h11,14-16,18,22-23,28-29,31-33,35-36,39H,5-10,12-13,17,19-21,24-25H2,1-4H3,(H,47,51)(H,48,55)/t28-,29+,32-,35+,36+,39?,58?/m1/s1. The molecule has 3 amide bonds. The predicted molar refractivity (Wildman–Crippen MR) is 224 cm³/mol. The molecule has 59 heavy (non-hydrogen) atoms. The number of hydrogen-bond acceptors (Lipinski definition) is 9. The van der Waals surface area contributed by atoms with Gasteiger partial charge in [-0.1, -0.05) is 32.3 Å². The van der Waals surface area contributed by atoms with Crippen LogP contribution >= 0.6 is 18.9 Å². The summed E-state index contributed by atoms with van der Waals surface area (Å²) in [5, 5.41) is 6.40. The van der Waals surface area contributed by atoms with E-state index in [2.05, 4.69) is 22.3 Å². The maximum atomic E-state index is 16.8. The molecule has 5 fully saturated rings. The molecule has 3 aromatic rings. The lowest BCUT2D eigenvalue weighted by Crippen LogP contribution is -2.59. The van der Waals surface area contributed by atoms with Gasteiger partial charge in [0.25, 0.3) is 5.91 Å². The highest BCUT2D eigenvalue weighted by Crippen LogP contribution is 2.61. The molecule has 8 rings (SSSR count). The van der Waals surface area contributed by atoms with E-state index in [4.69, 9.17) is 9.26 Å². The lowest BCUT2D eigenvalue weighted by molar-refractivity contribution is -0.149. The number of nitrogens with one attached hydrogen (secondary N) is 2. The molecule has 0 radical (unpaired) electrons. The summed E-state index contributed by atoms with van der Waals surface area (Å²) < 4.78 is 43.5. The zero-order chi connectivity index (χ0) is 41.6. The van der Waals surface area contributed by atoms with E-state index in [1.165, 1.54) is 25.2 Å². The van der Waals surface area contributed by atoms with Crippen LogP contribution in [0.2, 0.25) is 0 Å². The lowest BCUT2D eigenvalue weighted by Gasteiger charge is -2.43. The van der Waals surface area contributed by atoms with E-state index in [9.17, 15) is 23.7 Å². The fraction of sp³-hybridized carbons (Fsp3) is 0.614. The van der Waals surface area contributed by atoms with Crippen LogP contribution in [0.5, 0.6) is 0 Å². The molecule has 0 bridgehead atoms. The lowest BCUT2D eigenvalue weighted by atomic mass is 9.89. The maximum Gasteiger partial charge on any atom is 0.326 e. The van der Waals surface area contributed by atoms with Gasteiger partial charge in [-0.25, -0.2) is 9.48 Å². The quantitative estimate of drug-likeness (QED) is 0.129. The second-order valence-electron chi connectivity index (χ2n) is 18.0. The smallest absolute Gasteiger partial charge is 0.326 e. The van der Waals surface area contributed by atoms with Crippen molar-refractivity contribution in [2.24, 2.45) is 11.8 Å². The predicted octanol–water partition coefficient (Wildman–Crippen LogP) is 7.95. The van der Waals surface area contributed by atoms with E-state index in [0.717, 1.165) is 54.4 Å². The first-order valence-corrected chi connectivity index (χ1v) is 24.0. The average molecular weight is 850 g/mol. The highest BCUT2D eigenvalue weighted by atomic mass is 32.1. The van der Waals surface area contributed by atoms with E-state index >= 15 is 4.39 Å². The van der Waals surface area contributed by atoms with Crippen LogP contribution in [0.25, 0.3) is 10.1 Å². The van der Waals surface area contributed by atoms with Gasteiger partial charge in [-0.15, -0.1) is 11.3 Å². The number of rotatable bonds is 13. The molecule has 3 aliphatic heterocycles. The molecule has 2 saturated carbocycles. The summed E-state index contributed by atoms with van der Waals surface area (Å²) in [6.07, 6.45) is 11.7. The van der Waals surface area contributed by atoms with Crippen LogP contribution in [0.1, 0.15) is 130 Å². The number of ether oxygens (including phenoxy) is 1. The van der Waals surface area contributed by atoms with Crippen molar-refractivity contribution < 1.29 is 37.4 Å². The van der Waals surface area contributed by atoms with Crippen molar-refractivity contribution in [3.8, 4) is 0 Å². The minimum Gasteiger partial charge on any atom is -0.464 e. The van der Waals surface area contributed by atoms with Gasteiger partial charge in [-0.3, -0.25) is 28.7 Å². The van der Waals surface area contributed by atoms with Crippen LogP contribution < -0.4 is 10.4 Å². The largest absolute Gasteiger partial charge is 0.464 e. The van der Waals surface area contributed by atoms with E-state index < -0.39 is 49.0 Å². The first-order chi connectivity index (χ1) is 28.2. The van der Waals surface area contributed by atoms with Crippen molar-refractivity contribution in [3.05, 3.63) is 64.3 Å². The number of aromatic nitrogens is 1. The fourth-order valence-electron chi connectivity index (χ4n) is 9.69. The van der Waals surface area contributed by atoms with Crippen LogP contribution in [-0.2, 0) is 28.2 Å². The number of carbonyl (C=O) groups excluding carboxylic acids is 4. The number of amides is 3. The molecular weight excluding hydrogens is 793 g/mol. The molecule has 2 N–H and O–H groups in total. The summed E-state index contributed by atoms with van der Waals surface area (Å²) in [6, 6.07) is 7.12. The monoisotopic (exact) mass is 849 g/mol. The molecular formula is C44H57FN5O7PS. The van der Waals surface area contributed by atoms with Gasteiger partial charge in [0, 0.05) is 42.1 Å². The third-order valence-corrected chi connectivity index (χ3v) is 16.6. The third-order valence-electron chi connectivity index (χ3n) is 13.1. The molecule has 318 valence electrons. The SMILES string of the molecule is CCCOC(=O)C(C)(C)NP(=O)(OC1CCCCC1)C(F)c1ccc2sc(C(=O)N[C@H]3C[C@@H]4C[C@@H]4C[C@H]4CC[C@@H](C(=O)N5CC(c6cnccc6C)C5)N4C3=O)cc2c1. The fourth-order valence-corrected chi connectivity index (χ4v) is 13.0. The molecule has 2 aliphatic carbocycles. The van der Waals surface area contributed by atoms with Crippen LogP contribution in [0.3, 0.4) is 0 Å². The van der Waals surface area contributed by atoms with Gasteiger partial charge in [-0.2, -0.15) is 0 Å². The van der Waals surface area contributed by atoms with Crippen molar-refractivity contribution in [3.63, 3.8) is 0 Å². The number of nitrogens with zero attached hydrogens (tertiary/aromatic N) is 3. The third kappa shape index (κ3) is 8.74. The van der Waals surface area contributed by atoms with Crippen molar-refractivity contribution >= 4 is 52.6 Å². The zero-order valence-electron chi connectivity index (χ0n) is 34.5. The van der Waals surface area contributed by atoms with Gasteiger partial charge in [0.1, 0.15) is 17.6 Å². The van der Waals surface area contributed by atoms with Crippen LogP contribution in [-0.4, -0.2) is 87.9 Å². The summed E-state index contributed by atoms with van der Waals surface area (Å²) in [5.41, 5.74) is 0.918. The van der Waals surface area contributed by atoms with E-state index in [0.29, 0.717) is 67.3 Å². The normalized spacial score (nSPS) is 26.5. The highest BCUT2D eigenvalue weighted by Gasteiger charge is 2.53. The molecule has 7 atom stereocenters. The Morgan fingerprint density at radius 1 is 1.03 bits per heavy atom. The molecule has 5 aliphatic rings. The number of pyridine rings is 1. The molecule has 1 aromatic carbocycles. The number of fused-ring (bicyclic) bond motifs is 3. The minimum atomic E-state index is -4.35. The van der Waals surface area contributed by atoms with E-state index in [-0.39, 0.29) is 35.9 Å². The van der Waals surface area contributed by atoms with E-state index in [1.54, 1.807) is 35.4 Å². The number of alkyl halides is 1. The Labute approximate surface area is 349 Å². The molecule has 5 heterocycles. The van der Waals surface area contributed by atoms with Crippen molar-refractivity contribution in [2.75, 3.05) is 19.7 Å². The molecule has 12 nitrogen and oxygen atoms in total. The van der Waals surface area contributed by atoms with Crippen LogP contribution in [0, 0.1) is 18.8 Å². The Morgan fingerprint density at radius 3 is 2.54 bits per heavy atom. The zero-order valence-corrected chi connectivity index (χ0v) is 36.2. The van der Waals surface area contributed by atoms with Gasteiger partial charge < -0.3 is 24.4 Å². The number of benzene rings is 1. The number of likely N-dealkylation sites (tertiary alicyclic amines) is 1. The number of aryl methyl sites for hydroxylation is 1. The van der Waals surface area contributed by atoms with Gasteiger partial charge in [0.2, 0.25) is 17.7 Å². The highest BCUT2D eigenvalue weighted by molar-refractivity contribution is 7.57. The Kier molecular flexibility index (Phi) is 12.1. The van der Waals surface area contributed by atoms with E-state index in [1.807, 2.05) is 24.1 Å². The Morgan fingerprint density at radius 2 is 1.80 bits per heavy atom. The van der Waals surface area contributed by atoms with Crippen molar-refractivity contribution in [2.45, 2.75) is 140 Å². The van der Waals surface area contributed by atoms with Crippen LogP contribution in [0.4, 0.5) is 4.39 Å². The number of esters is 1. The maximum absolute atomic E-state index is 16.8. The average Bonchev–Trinajstić information content (AvgIpc) is 3.55. The van der Waals surface area contributed by atoms with Crippen LogP contribution in [0.15, 0.2) is 42.7 Å². The Bertz CT molecular complexity index is 2140. The minimum absolute atomic E-state index is 0.0213. The molecule has 15 heteroatoms. The van der Waals surface area contributed by atoms with Crippen molar-refractivity contribution in [1.82, 2.24) is 25.2 Å². The number of halogens is 1. The van der Waals surface area contributed by atoms with Gasteiger partial charge in [-0.05, 0) is 130 Å². The van der Waals surface area contributed by atoms with Gasteiger partial charge in [0.15, 0.2) is 0 Å². The summed E-state index contributed by atoms with van der Waals surface area (Å²) in [7, 11) is -4.35. The first-order valence-electron chi connectivity index (χ1n) is 21.5. The number of carbonyl (C=O) groups is 4. The Balaban J connectivity index is 0.975. The van der Waals surface area contributed by atoms with Gasteiger partial charge in [0.05, 0.1) is 17.6 Å². The molecule has 0 spiro atoms. The summed E-state index contributed by atoms with van der Waals surface area (Å²) in [5.74, 6) is -2.32. The number of thiophene rings is 1. The summed E-state index contributed by atoms with van der Waals surface area (Å²) in [6.45, 7) is 8.34. The summed E-state index contributed by atoms with van der Waals surface area (Å²) >= 11 is 1.23. The van der Waals surface area contributed by atoms with Crippen molar-refractivity contribution in [1.29, 1.82) is 0 Å². The molecule has 3 saturated heterocycles. The first kappa shape index (κ1) is 42.0. The second-order valence-corrected chi connectivity index (χ2v) is 21.2. The summed E-state index contributed by atoms with van der Waals surface area (Å²) in [4.78, 5) is 63.6. The Hall–Kier alpha value is -3.71.